The molecule has 21 heavy (non-hydrogen) atoms. The molecule has 0 aliphatic rings. The van der Waals surface area contributed by atoms with Gasteiger partial charge in [-0.3, -0.25) is 4.98 Å². The van der Waals surface area contributed by atoms with Crippen LogP contribution in [0.4, 0.5) is 5.82 Å². The van der Waals surface area contributed by atoms with E-state index in [2.05, 4.69) is 26.8 Å². The second kappa shape index (κ2) is 7.36. The van der Waals surface area contributed by atoms with Gasteiger partial charge in [0.05, 0.1) is 0 Å². The SMILES string of the molecule is CCCc1nc(Cl)c(C)c(N(C)CCc2ccncc2)n1. The molecule has 5 heteroatoms. The Balaban J connectivity index is 2.12. The molecule has 0 atom stereocenters. The van der Waals surface area contributed by atoms with Gasteiger partial charge >= 0.3 is 0 Å². The Morgan fingerprint density at radius 2 is 1.86 bits per heavy atom. The van der Waals surface area contributed by atoms with E-state index in [0.29, 0.717) is 5.15 Å². The predicted octanol–water partition coefficient (Wildman–Crippen LogP) is 3.46. The average molecular weight is 305 g/mol. The Morgan fingerprint density at radius 1 is 1.14 bits per heavy atom. The highest BCUT2D eigenvalue weighted by atomic mass is 35.5. The van der Waals surface area contributed by atoms with Gasteiger partial charge in [-0.15, -0.1) is 0 Å². The molecule has 2 aromatic heterocycles. The molecule has 4 nitrogen and oxygen atoms in total. The second-order valence-corrected chi connectivity index (χ2v) is 5.51. The molecule has 2 rings (SSSR count). The first-order valence-electron chi connectivity index (χ1n) is 7.25. The summed E-state index contributed by atoms with van der Waals surface area (Å²) in [6.45, 7) is 4.96. The molecule has 0 radical (unpaired) electrons. The Kier molecular flexibility index (Phi) is 5.51. The summed E-state index contributed by atoms with van der Waals surface area (Å²) in [4.78, 5) is 15.2. The van der Waals surface area contributed by atoms with Crippen molar-refractivity contribution in [3.63, 3.8) is 0 Å². The number of nitrogens with zero attached hydrogens (tertiary/aromatic N) is 4. The van der Waals surface area contributed by atoms with Crippen LogP contribution in [0.15, 0.2) is 24.5 Å². The first-order valence-corrected chi connectivity index (χ1v) is 7.62. The fraction of sp³-hybridized carbons (Fsp3) is 0.438. The molecule has 0 saturated carbocycles. The molecular weight excluding hydrogens is 284 g/mol. The van der Waals surface area contributed by atoms with Crippen LogP contribution < -0.4 is 4.90 Å². The Labute approximate surface area is 131 Å². The van der Waals surface area contributed by atoms with Crippen LogP contribution >= 0.6 is 11.6 Å². The molecule has 0 aliphatic carbocycles. The molecular formula is C16H21ClN4. The third-order valence-electron chi connectivity index (χ3n) is 3.43. The topological polar surface area (TPSA) is 41.9 Å². The number of hydrogen-bond donors (Lipinski definition) is 0. The lowest BCUT2D eigenvalue weighted by Crippen LogP contribution is -2.23. The van der Waals surface area contributed by atoms with Gasteiger partial charge in [-0.05, 0) is 37.5 Å². The molecule has 0 fully saturated rings. The first kappa shape index (κ1) is 15.7. The second-order valence-electron chi connectivity index (χ2n) is 5.16. The van der Waals surface area contributed by atoms with Gasteiger partial charge in [0, 0.05) is 38.0 Å². The Hall–Kier alpha value is -1.68. The summed E-state index contributed by atoms with van der Waals surface area (Å²) < 4.78 is 0. The zero-order valence-electron chi connectivity index (χ0n) is 12.8. The summed E-state index contributed by atoms with van der Waals surface area (Å²) in [6, 6.07) is 4.08. The van der Waals surface area contributed by atoms with Crippen molar-refractivity contribution in [2.24, 2.45) is 0 Å². The number of aryl methyl sites for hydroxylation is 1. The van der Waals surface area contributed by atoms with Crippen LogP contribution in [0.25, 0.3) is 0 Å². The minimum Gasteiger partial charge on any atom is -0.359 e. The van der Waals surface area contributed by atoms with E-state index >= 15 is 0 Å². The van der Waals surface area contributed by atoms with E-state index in [1.807, 2.05) is 38.5 Å². The number of hydrogen-bond acceptors (Lipinski definition) is 4. The largest absolute Gasteiger partial charge is 0.359 e. The summed E-state index contributed by atoms with van der Waals surface area (Å²) in [7, 11) is 2.04. The number of anilines is 1. The summed E-state index contributed by atoms with van der Waals surface area (Å²) in [5.41, 5.74) is 2.21. The Bertz CT molecular complexity index is 586. The minimum absolute atomic E-state index is 0.555. The van der Waals surface area contributed by atoms with Crippen molar-refractivity contribution >= 4 is 17.4 Å². The maximum absolute atomic E-state index is 6.23. The molecule has 0 amide bonds. The lowest BCUT2D eigenvalue weighted by atomic mass is 10.2. The summed E-state index contributed by atoms with van der Waals surface area (Å²) in [5.74, 6) is 1.74. The van der Waals surface area contributed by atoms with Crippen molar-refractivity contribution in [1.82, 2.24) is 15.0 Å². The van der Waals surface area contributed by atoms with Gasteiger partial charge in [-0.1, -0.05) is 18.5 Å². The van der Waals surface area contributed by atoms with Gasteiger partial charge < -0.3 is 4.90 Å². The van der Waals surface area contributed by atoms with Crippen LogP contribution in [0, 0.1) is 6.92 Å². The third-order valence-corrected chi connectivity index (χ3v) is 3.80. The minimum atomic E-state index is 0.555. The van der Waals surface area contributed by atoms with Gasteiger partial charge in [0.2, 0.25) is 0 Å². The smallest absolute Gasteiger partial charge is 0.137 e. The molecule has 0 bridgehead atoms. The van der Waals surface area contributed by atoms with E-state index in [1.165, 1.54) is 5.56 Å². The lowest BCUT2D eigenvalue weighted by Gasteiger charge is -2.21. The average Bonchev–Trinajstić information content (AvgIpc) is 2.49. The Morgan fingerprint density at radius 3 is 2.52 bits per heavy atom. The van der Waals surface area contributed by atoms with E-state index < -0.39 is 0 Å². The molecule has 0 N–H and O–H groups in total. The van der Waals surface area contributed by atoms with Crippen molar-refractivity contribution in [2.45, 2.75) is 33.1 Å². The summed E-state index contributed by atoms with van der Waals surface area (Å²) in [5, 5.41) is 0.555. The van der Waals surface area contributed by atoms with Crippen molar-refractivity contribution in [1.29, 1.82) is 0 Å². The highest BCUT2D eigenvalue weighted by Gasteiger charge is 2.12. The van der Waals surface area contributed by atoms with Crippen molar-refractivity contribution in [2.75, 3.05) is 18.5 Å². The zero-order valence-corrected chi connectivity index (χ0v) is 13.6. The molecule has 0 unspecified atom stereocenters. The van der Waals surface area contributed by atoms with Crippen LogP contribution in [0.3, 0.4) is 0 Å². The summed E-state index contributed by atoms with van der Waals surface area (Å²) in [6.07, 6.45) is 6.46. The van der Waals surface area contributed by atoms with Gasteiger partial charge in [-0.25, -0.2) is 9.97 Å². The van der Waals surface area contributed by atoms with Gasteiger partial charge in [0.1, 0.15) is 16.8 Å². The molecule has 112 valence electrons. The quantitative estimate of drug-likeness (QED) is 0.766. The van der Waals surface area contributed by atoms with E-state index in [9.17, 15) is 0 Å². The summed E-state index contributed by atoms with van der Waals surface area (Å²) >= 11 is 6.23. The zero-order chi connectivity index (χ0) is 15.2. The third kappa shape index (κ3) is 4.14. The van der Waals surface area contributed by atoms with Gasteiger partial charge in [0.25, 0.3) is 0 Å². The molecule has 0 saturated heterocycles. The predicted molar refractivity (Wildman–Crippen MR) is 87.0 cm³/mol. The van der Waals surface area contributed by atoms with E-state index in [-0.39, 0.29) is 0 Å². The maximum atomic E-state index is 6.23. The van der Waals surface area contributed by atoms with E-state index in [0.717, 1.165) is 43.0 Å². The van der Waals surface area contributed by atoms with Crippen molar-refractivity contribution < 1.29 is 0 Å². The number of likely N-dealkylation sites (N-methyl/N-ethyl adjacent to an activating group) is 1. The van der Waals surface area contributed by atoms with Crippen LogP contribution in [0.1, 0.15) is 30.3 Å². The number of halogens is 1. The van der Waals surface area contributed by atoms with Crippen molar-refractivity contribution in [3.05, 3.63) is 46.6 Å². The van der Waals surface area contributed by atoms with E-state index in [4.69, 9.17) is 11.6 Å². The highest BCUT2D eigenvalue weighted by molar-refractivity contribution is 6.30. The standard InChI is InChI=1S/C16H21ClN4/c1-4-5-14-19-15(17)12(2)16(20-14)21(3)11-8-13-6-9-18-10-7-13/h6-7,9-10H,4-5,8,11H2,1-3H3. The van der Waals surface area contributed by atoms with Crippen LogP contribution in [-0.2, 0) is 12.8 Å². The monoisotopic (exact) mass is 304 g/mol. The normalized spacial score (nSPS) is 10.7. The lowest BCUT2D eigenvalue weighted by molar-refractivity contribution is 0.799. The molecule has 2 aromatic rings. The van der Waals surface area contributed by atoms with E-state index in [1.54, 1.807) is 0 Å². The van der Waals surface area contributed by atoms with Crippen LogP contribution in [0.2, 0.25) is 5.15 Å². The highest BCUT2D eigenvalue weighted by Crippen LogP contribution is 2.23. The number of rotatable bonds is 6. The molecule has 0 aliphatic heterocycles. The van der Waals surface area contributed by atoms with Crippen LogP contribution in [0.5, 0.6) is 0 Å². The van der Waals surface area contributed by atoms with Gasteiger partial charge in [0.15, 0.2) is 0 Å². The maximum Gasteiger partial charge on any atom is 0.137 e. The number of aromatic nitrogens is 3. The van der Waals surface area contributed by atoms with Crippen molar-refractivity contribution in [3.8, 4) is 0 Å². The fourth-order valence-electron chi connectivity index (χ4n) is 2.18. The molecule has 2 heterocycles. The molecule has 0 spiro atoms. The number of pyridine rings is 1. The fourth-order valence-corrected chi connectivity index (χ4v) is 2.36. The van der Waals surface area contributed by atoms with Gasteiger partial charge in [-0.2, -0.15) is 0 Å². The molecule has 0 aromatic carbocycles. The van der Waals surface area contributed by atoms with Crippen LogP contribution in [-0.4, -0.2) is 28.5 Å². The first-order chi connectivity index (χ1) is 10.1.